The van der Waals surface area contributed by atoms with Crippen molar-refractivity contribution in [1.82, 2.24) is 0 Å². The molecule has 0 saturated heterocycles. The van der Waals surface area contributed by atoms with Crippen molar-refractivity contribution in [1.29, 1.82) is 0 Å². The maximum Gasteiger partial charge on any atom is 0.255 e. The molecule has 0 spiro atoms. The first-order chi connectivity index (χ1) is 14.3. The molecule has 0 heterocycles. The van der Waals surface area contributed by atoms with Crippen molar-refractivity contribution in [3.63, 3.8) is 0 Å². The van der Waals surface area contributed by atoms with E-state index in [1.807, 2.05) is 36.4 Å². The third kappa shape index (κ3) is 5.63. The first-order valence-electron chi connectivity index (χ1n) is 9.73. The molecule has 0 fully saturated rings. The standard InChI is InChI=1S/C25H26BrNO3/c1-25(2,3)19-6-12-22(13-7-19)30-16-18-15-17(5-14-23(18)29-4)24(28)27-21-10-8-20(26)9-11-21/h5-15H,16H2,1-4H3,(H,27,28). The van der Waals surface area contributed by atoms with E-state index in [1.165, 1.54) is 5.56 Å². The van der Waals surface area contributed by atoms with Gasteiger partial charge in [0.15, 0.2) is 0 Å². The Labute approximate surface area is 186 Å². The van der Waals surface area contributed by atoms with E-state index < -0.39 is 0 Å². The molecular weight excluding hydrogens is 442 g/mol. The highest BCUT2D eigenvalue weighted by molar-refractivity contribution is 9.10. The van der Waals surface area contributed by atoms with Crippen LogP contribution in [0.5, 0.6) is 11.5 Å². The molecule has 0 saturated carbocycles. The van der Waals surface area contributed by atoms with E-state index >= 15 is 0 Å². The Hall–Kier alpha value is -2.79. The number of carbonyl (C=O) groups is 1. The molecule has 0 radical (unpaired) electrons. The fourth-order valence-electron chi connectivity index (χ4n) is 2.98. The second kappa shape index (κ2) is 9.35. The van der Waals surface area contributed by atoms with Gasteiger partial charge in [-0.15, -0.1) is 0 Å². The van der Waals surface area contributed by atoms with Crippen molar-refractivity contribution in [3.05, 3.63) is 87.9 Å². The number of amides is 1. The van der Waals surface area contributed by atoms with Crippen molar-refractivity contribution < 1.29 is 14.3 Å². The number of halogens is 1. The first-order valence-corrected chi connectivity index (χ1v) is 10.5. The number of ether oxygens (including phenoxy) is 2. The lowest BCUT2D eigenvalue weighted by atomic mass is 9.87. The average Bonchev–Trinajstić information content (AvgIpc) is 2.73. The molecule has 0 aromatic heterocycles. The second-order valence-corrected chi connectivity index (χ2v) is 8.97. The summed E-state index contributed by atoms with van der Waals surface area (Å²) in [4.78, 5) is 12.7. The second-order valence-electron chi connectivity index (χ2n) is 8.05. The number of hydrogen-bond acceptors (Lipinski definition) is 3. The Morgan fingerprint density at radius 1 is 0.967 bits per heavy atom. The van der Waals surface area contributed by atoms with Gasteiger partial charge in [-0.3, -0.25) is 4.79 Å². The van der Waals surface area contributed by atoms with Gasteiger partial charge in [-0.2, -0.15) is 0 Å². The van der Waals surface area contributed by atoms with Gasteiger partial charge in [0.1, 0.15) is 18.1 Å². The summed E-state index contributed by atoms with van der Waals surface area (Å²) in [6, 6.07) is 20.9. The Balaban J connectivity index is 1.72. The monoisotopic (exact) mass is 467 g/mol. The zero-order valence-corrected chi connectivity index (χ0v) is 19.2. The molecule has 0 atom stereocenters. The van der Waals surface area contributed by atoms with E-state index in [2.05, 4.69) is 54.2 Å². The van der Waals surface area contributed by atoms with Gasteiger partial charge in [-0.25, -0.2) is 0 Å². The quantitative estimate of drug-likeness (QED) is 0.444. The molecule has 3 aromatic carbocycles. The first kappa shape index (κ1) is 21.9. The molecule has 0 aliphatic carbocycles. The molecule has 1 N–H and O–H groups in total. The van der Waals surface area contributed by atoms with Crippen LogP contribution in [0.3, 0.4) is 0 Å². The van der Waals surface area contributed by atoms with Gasteiger partial charge in [-0.1, -0.05) is 48.8 Å². The summed E-state index contributed by atoms with van der Waals surface area (Å²) >= 11 is 3.39. The predicted octanol–water partition coefficient (Wildman–Crippen LogP) is 6.59. The van der Waals surface area contributed by atoms with Crippen LogP contribution in [0.15, 0.2) is 71.2 Å². The average molecular weight is 468 g/mol. The van der Waals surface area contributed by atoms with Crippen LogP contribution < -0.4 is 14.8 Å². The van der Waals surface area contributed by atoms with Crippen LogP contribution >= 0.6 is 15.9 Å². The van der Waals surface area contributed by atoms with E-state index in [-0.39, 0.29) is 11.3 Å². The van der Waals surface area contributed by atoms with E-state index in [0.29, 0.717) is 17.9 Å². The van der Waals surface area contributed by atoms with Gasteiger partial charge in [0.2, 0.25) is 0 Å². The third-order valence-electron chi connectivity index (χ3n) is 4.76. The minimum atomic E-state index is -0.184. The number of anilines is 1. The van der Waals surface area contributed by atoms with E-state index in [1.54, 1.807) is 25.3 Å². The van der Waals surface area contributed by atoms with Crippen molar-refractivity contribution in [2.75, 3.05) is 12.4 Å². The number of carbonyl (C=O) groups excluding carboxylic acids is 1. The highest BCUT2D eigenvalue weighted by Gasteiger charge is 2.14. The van der Waals surface area contributed by atoms with Crippen LogP contribution in [0, 0.1) is 0 Å². The third-order valence-corrected chi connectivity index (χ3v) is 5.29. The van der Waals surface area contributed by atoms with Crippen molar-refractivity contribution in [3.8, 4) is 11.5 Å². The molecule has 0 unspecified atom stereocenters. The molecule has 5 heteroatoms. The van der Waals surface area contributed by atoms with Crippen LogP contribution in [-0.2, 0) is 12.0 Å². The number of methoxy groups -OCH3 is 1. The SMILES string of the molecule is COc1ccc(C(=O)Nc2ccc(Br)cc2)cc1COc1ccc(C(C)(C)C)cc1. The molecular formula is C25H26BrNO3. The summed E-state index contributed by atoms with van der Waals surface area (Å²) in [7, 11) is 1.61. The van der Waals surface area contributed by atoms with E-state index in [4.69, 9.17) is 9.47 Å². The lowest BCUT2D eigenvalue weighted by molar-refractivity contribution is 0.102. The highest BCUT2D eigenvalue weighted by Crippen LogP contribution is 2.26. The van der Waals surface area contributed by atoms with Crippen molar-refractivity contribution >= 4 is 27.5 Å². The van der Waals surface area contributed by atoms with E-state index in [0.717, 1.165) is 21.5 Å². The highest BCUT2D eigenvalue weighted by atomic mass is 79.9. The lowest BCUT2D eigenvalue weighted by Gasteiger charge is -2.19. The van der Waals surface area contributed by atoms with Gasteiger partial charge in [0, 0.05) is 21.3 Å². The van der Waals surface area contributed by atoms with Crippen molar-refractivity contribution in [2.24, 2.45) is 0 Å². The number of nitrogens with one attached hydrogen (secondary N) is 1. The zero-order valence-electron chi connectivity index (χ0n) is 17.7. The Morgan fingerprint density at radius 3 is 2.23 bits per heavy atom. The van der Waals surface area contributed by atoms with Gasteiger partial charge in [-0.05, 0) is 65.6 Å². The molecule has 30 heavy (non-hydrogen) atoms. The molecule has 0 bridgehead atoms. The summed E-state index contributed by atoms with van der Waals surface area (Å²) in [5.74, 6) is 1.27. The van der Waals surface area contributed by atoms with Crippen LogP contribution in [0.25, 0.3) is 0 Å². The van der Waals surface area contributed by atoms with Gasteiger partial charge in [0.05, 0.1) is 7.11 Å². The van der Waals surface area contributed by atoms with Crippen LogP contribution in [-0.4, -0.2) is 13.0 Å². The lowest BCUT2D eigenvalue weighted by Crippen LogP contribution is -2.13. The summed E-state index contributed by atoms with van der Waals surface area (Å²) in [6.07, 6.45) is 0. The number of rotatable bonds is 6. The van der Waals surface area contributed by atoms with Gasteiger partial charge < -0.3 is 14.8 Å². The zero-order chi connectivity index (χ0) is 21.7. The summed E-state index contributed by atoms with van der Waals surface area (Å²) < 4.78 is 12.4. The van der Waals surface area contributed by atoms with Gasteiger partial charge in [0.25, 0.3) is 5.91 Å². The predicted molar refractivity (Wildman–Crippen MR) is 125 cm³/mol. The van der Waals surface area contributed by atoms with Crippen molar-refractivity contribution in [2.45, 2.75) is 32.8 Å². The Morgan fingerprint density at radius 2 is 1.63 bits per heavy atom. The fourth-order valence-corrected chi connectivity index (χ4v) is 3.25. The summed E-state index contributed by atoms with van der Waals surface area (Å²) in [5, 5.41) is 2.90. The topological polar surface area (TPSA) is 47.6 Å². The molecule has 3 aromatic rings. The normalized spacial score (nSPS) is 11.1. The van der Waals surface area contributed by atoms with Crippen LogP contribution in [0.4, 0.5) is 5.69 Å². The summed E-state index contributed by atoms with van der Waals surface area (Å²) in [5.41, 5.74) is 3.43. The van der Waals surface area contributed by atoms with E-state index in [9.17, 15) is 4.79 Å². The fraction of sp³-hybridized carbons (Fsp3) is 0.240. The number of hydrogen-bond donors (Lipinski definition) is 1. The Bertz CT molecular complexity index is 1010. The molecule has 4 nitrogen and oxygen atoms in total. The molecule has 156 valence electrons. The van der Waals surface area contributed by atoms with Crippen LogP contribution in [0.1, 0.15) is 42.3 Å². The summed E-state index contributed by atoms with van der Waals surface area (Å²) in [6.45, 7) is 6.84. The van der Waals surface area contributed by atoms with Gasteiger partial charge >= 0.3 is 0 Å². The molecule has 1 amide bonds. The number of benzene rings is 3. The molecule has 0 aliphatic heterocycles. The molecule has 3 rings (SSSR count). The minimum absolute atomic E-state index is 0.0955. The minimum Gasteiger partial charge on any atom is -0.496 e. The maximum absolute atomic E-state index is 12.7. The largest absolute Gasteiger partial charge is 0.496 e. The Kier molecular flexibility index (Phi) is 6.83. The molecule has 0 aliphatic rings. The smallest absolute Gasteiger partial charge is 0.255 e. The van der Waals surface area contributed by atoms with Crippen LogP contribution in [0.2, 0.25) is 0 Å². The maximum atomic E-state index is 12.7.